The van der Waals surface area contributed by atoms with Crippen molar-refractivity contribution in [2.24, 2.45) is 0 Å². The Bertz CT molecular complexity index is 601. The summed E-state index contributed by atoms with van der Waals surface area (Å²) in [5, 5.41) is 8.78. The number of carbonyl (C=O) groups is 2. The Morgan fingerprint density at radius 3 is 2.61 bits per heavy atom. The molecule has 2 N–H and O–H groups in total. The van der Waals surface area contributed by atoms with Crippen molar-refractivity contribution in [2.75, 3.05) is 7.11 Å². The van der Waals surface area contributed by atoms with Crippen molar-refractivity contribution < 1.29 is 19.4 Å². The molecule has 0 bridgehead atoms. The van der Waals surface area contributed by atoms with Crippen molar-refractivity contribution in [1.29, 1.82) is 0 Å². The zero-order valence-corrected chi connectivity index (χ0v) is 9.64. The second-order valence-corrected chi connectivity index (χ2v) is 3.64. The van der Waals surface area contributed by atoms with Gasteiger partial charge in [-0.05, 0) is 18.2 Å². The van der Waals surface area contributed by atoms with E-state index < -0.39 is 5.97 Å². The maximum Gasteiger partial charge on any atom is 0.352 e. The maximum atomic E-state index is 12.2. The first-order chi connectivity index (χ1) is 8.63. The number of para-hydroxylation sites is 1. The van der Waals surface area contributed by atoms with Crippen LogP contribution in [0.2, 0.25) is 0 Å². The minimum Gasteiger partial charge on any atom is -0.496 e. The number of H-pyrrole nitrogens is 1. The molecule has 0 aliphatic carbocycles. The average Bonchev–Trinajstić information content (AvgIpc) is 2.87. The van der Waals surface area contributed by atoms with E-state index in [1.807, 2.05) is 0 Å². The molecular formula is C13H11NO4. The van der Waals surface area contributed by atoms with E-state index in [1.54, 1.807) is 24.3 Å². The van der Waals surface area contributed by atoms with Crippen LogP contribution in [0.1, 0.15) is 26.4 Å². The lowest BCUT2D eigenvalue weighted by Crippen LogP contribution is -2.02. The standard InChI is InChI=1S/C13H11NO4/c1-18-11-5-3-2-4-9(11)12(15)8-6-10(13(16)17)14-7-8/h2-7,14H,1H3,(H,16,17). The summed E-state index contributed by atoms with van der Waals surface area (Å²) in [6, 6.07) is 8.10. The summed E-state index contributed by atoms with van der Waals surface area (Å²) in [6.07, 6.45) is 1.37. The molecule has 5 heteroatoms. The minimum absolute atomic E-state index is 0.0201. The van der Waals surface area contributed by atoms with E-state index in [2.05, 4.69) is 4.98 Å². The monoisotopic (exact) mass is 245 g/mol. The summed E-state index contributed by atoms with van der Waals surface area (Å²) in [4.78, 5) is 25.4. The fraction of sp³-hybridized carbons (Fsp3) is 0.0769. The third-order valence-electron chi connectivity index (χ3n) is 2.53. The van der Waals surface area contributed by atoms with Crippen molar-refractivity contribution in [2.45, 2.75) is 0 Å². The van der Waals surface area contributed by atoms with Crippen LogP contribution in [-0.4, -0.2) is 29.0 Å². The second-order valence-electron chi connectivity index (χ2n) is 3.64. The molecule has 0 fully saturated rings. The number of methoxy groups -OCH3 is 1. The normalized spacial score (nSPS) is 10.1. The van der Waals surface area contributed by atoms with Crippen molar-refractivity contribution in [3.63, 3.8) is 0 Å². The molecule has 0 unspecified atom stereocenters. The summed E-state index contributed by atoms with van der Waals surface area (Å²) in [5.41, 5.74) is 0.668. The molecular weight excluding hydrogens is 234 g/mol. The van der Waals surface area contributed by atoms with Crippen LogP contribution in [0.5, 0.6) is 5.75 Å². The molecule has 1 aromatic carbocycles. The third kappa shape index (κ3) is 2.10. The van der Waals surface area contributed by atoms with Crippen molar-refractivity contribution in [1.82, 2.24) is 4.98 Å². The third-order valence-corrected chi connectivity index (χ3v) is 2.53. The van der Waals surface area contributed by atoms with Crippen LogP contribution >= 0.6 is 0 Å². The number of carboxylic acid groups (broad SMARTS) is 1. The van der Waals surface area contributed by atoms with Gasteiger partial charge in [-0.15, -0.1) is 0 Å². The number of aromatic nitrogens is 1. The van der Waals surface area contributed by atoms with Gasteiger partial charge in [-0.2, -0.15) is 0 Å². The largest absolute Gasteiger partial charge is 0.496 e. The first-order valence-corrected chi connectivity index (χ1v) is 5.23. The lowest BCUT2D eigenvalue weighted by molar-refractivity contribution is 0.0691. The Balaban J connectivity index is 2.38. The topological polar surface area (TPSA) is 79.4 Å². The molecule has 2 aromatic rings. The molecule has 1 heterocycles. The zero-order chi connectivity index (χ0) is 13.1. The number of carboxylic acids is 1. The number of ketones is 1. The van der Waals surface area contributed by atoms with Crippen LogP contribution in [0.3, 0.4) is 0 Å². The van der Waals surface area contributed by atoms with E-state index in [4.69, 9.17) is 9.84 Å². The van der Waals surface area contributed by atoms with E-state index in [0.717, 1.165) is 0 Å². The molecule has 0 spiro atoms. The summed E-state index contributed by atoms with van der Waals surface area (Å²) in [6.45, 7) is 0. The highest BCUT2D eigenvalue weighted by Crippen LogP contribution is 2.21. The number of carbonyl (C=O) groups excluding carboxylic acids is 1. The van der Waals surface area contributed by atoms with Crippen molar-refractivity contribution in [3.05, 3.63) is 53.3 Å². The second kappa shape index (κ2) is 4.75. The molecule has 92 valence electrons. The molecule has 0 aliphatic rings. The van der Waals surface area contributed by atoms with E-state index in [-0.39, 0.29) is 17.0 Å². The Kier molecular flexibility index (Phi) is 3.14. The molecule has 1 aromatic heterocycles. The van der Waals surface area contributed by atoms with Crippen LogP contribution in [0, 0.1) is 0 Å². The summed E-state index contributed by atoms with van der Waals surface area (Å²) < 4.78 is 5.09. The Hall–Kier alpha value is -2.56. The maximum absolute atomic E-state index is 12.2. The quantitative estimate of drug-likeness (QED) is 0.807. The molecule has 18 heavy (non-hydrogen) atoms. The molecule has 0 aliphatic heterocycles. The SMILES string of the molecule is COc1ccccc1C(=O)c1c[nH]c(C(=O)O)c1. The zero-order valence-electron chi connectivity index (χ0n) is 9.64. The number of hydrogen-bond acceptors (Lipinski definition) is 3. The van der Waals surface area contributed by atoms with Crippen LogP contribution in [-0.2, 0) is 0 Å². The highest BCUT2D eigenvalue weighted by molar-refractivity contribution is 6.11. The van der Waals surface area contributed by atoms with Gasteiger partial charge in [-0.3, -0.25) is 4.79 Å². The van der Waals surface area contributed by atoms with Gasteiger partial charge in [-0.25, -0.2) is 4.79 Å². The number of benzene rings is 1. The van der Waals surface area contributed by atoms with Gasteiger partial charge >= 0.3 is 5.97 Å². The number of rotatable bonds is 4. The van der Waals surface area contributed by atoms with Gasteiger partial charge in [0.15, 0.2) is 5.78 Å². The molecule has 5 nitrogen and oxygen atoms in total. The minimum atomic E-state index is -1.10. The molecule has 0 saturated carbocycles. The van der Waals surface area contributed by atoms with Gasteiger partial charge in [0, 0.05) is 11.8 Å². The van der Waals surface area contributed by atoms with E-state index >= 15 is 0 Å². The predicted octanol–water partition coefficient (Wildman–Crippen LogP) is 1.95. The predicted molar refractivity (Wildman–Crippen MR) is 64.2 cm³/mol. The van der Waals surface area contributed by atoms with E-state index in [0.29, 0.717) is 11.3 Å². The average molecular weight is 245 g/mol. The Morgan fingerprint density at radius 1 is 1.28 bits per heavy atom. The van der Waals surface area contributed by atoms with Crippen molar-refractivity contribution >= 4 is 11.8 Å². The van der Waals surface area contributed by atoms with E-state index in [9.17, 15) is 9.59 Å². The number of aromatic carboxylic acids is 1. The smallest absolute Gasteiger partial charge is 0.352 e. The highest BCUT2D eigenvalue weighted by atomic mass is 16.5. The van der Waals surface area contributed by atoms with E-state index in [1.165, 1.54) is 19.4 Å². The van der Waals surface area contributed by atoms with Crippen LogP contribution in [0.15, 0.2) is 36.5 Å². The van der Waals surface area contributed by atoms with Crippen LogP contribution in [0.4, 0.5) is 0 Å². The molecule has 2 rings (SSSR count). The molecule has 0 atom stereocenters. The fourth-order valence-corrected chi connectivity index (χ4v) is 1.64. The fourth-order valence-electron chi connectivity index (χ4n) is 1.64. The summed E-state index contributed by atoms with van der Waals surface area (Å²) in [5.74, 6) is -0.925. The number of aromatic amines is 1. The van der Waals surface area contributed by atoms with Crippen molar-refractivity contribution in [3.8, 4) is 5.75 Å². The van der Waals surface area contributed by atoms with Gasteiger partial charge in [0.2, 0.25) is 0 Å². The highest BCUT2D eigenvalue weighted by Gasteiger charge is 2.16. The Labute approximate surface area is 103 Å². The number of ether oxygens (including phenoxy) is 1. The van der Waals surface area contributed by atoms with Gasteiger partial charge in [0.25, 0.3) is 0 Å². The van der Waals surface area contributed by atoms with Gasteiger partial charge in [0.1, 0.15) is 11.4 Å². The first-order valence-electron chi connectivity index (χ1n) is 5.23. The van der Waals surface area contributed by atoms with Crippen LogP contribution < -0.4 is 4.74 Å². The summed E-state index contributed by atoms with van der Waals surface area (Å²) >= 11 is 0. The molecule has 0 amide bonds. The van der Waals surface area contributed by atoms with Gasteiger partial charge in [-0.1, -0.05) is 12.1 Å². The summed E-state index contributed by atoms with van der Waals surface area (Å²) in [7, 11) is 1.48. The van der Waals surface area contributed by atoms with Gasteiger partial charge in [0.05, 0.1) is 12.7 Å². The van der Waals surface area contributed by atoms with Crippen LogP contribution in [0.25, 0.3) is 0 Å². The number of hydrogen-bond donors (Lipinski definition) is 2. The van der Waals surface area contributed by atoms with Gasteiger partial charge < -0.3 is 14.8 Å². The Morgan fingerprint density at radius 2 is 2.00 bits per heavy atom. The molecule has 0 saturated heterocycles. The number of nitrogens with one attached hydrogen (secondary N) is 1. The lowest BCUT2D eigenvalue weighted by atomic mass is 10.0. The first kappa shape index (κ1) is 11.9. The lowest BCUT2D eigenvalue weighted by Gasteiger charge is -2.05. The molecule has 0 radical (unpaired) electrons.